The fourth-order valence-electron chi connectivity index (χ4n) is 2.68. The summed E-state index contributed by atoms with van der Waals surface area (Å²) >= 11 is 1.48. The normalized spacial score (nSPS) is 23.7. The lowest BCUT2D eigenvalue weighted by Gasteiger charge is -2.35. The fourth-order valence-corrected chi connectivity index (χ4v) is 3.76. The van der Waals surface area contributed by atoms with E-state index in [0.29, 0.717) is 12.3 Å². The molecule has 2 unspecified atom stereocenters. The van der Waals surface area contributed by atoms with Crippen LogP contribution in [0.25, 0.3) is 0 Å². The summed E-state index contributed by atoms with van der Waals surface area (Å²) in [6, 6.07) is 5.37. The Hall–Kier alpha value is -2.09. The second-order valence-corrected chi connectivity index (χ2v) is 6.32. The van der Waals surface area contributed by atoms with Crippen molar-refractivity contribution in [2.75, 3.05) is 13.6 Å². The van der Waals surface area contributed by atoms with E-state index in [-0.39, 0.29) is 11.7 Å². The molecule has 3 amide bonds. The van der Waals surface area contributed by atoms with Crippen LogP contribution in [0.1, 0.15) is 12.5 Å². The number of urea groups is 1. The van der Waals surface area contributed by atoms with Crippen LogP contribution in [0.4, 0.5) is 9.18 Å². The third-order valence-electron chi connectivity index (χ3n) is 3.94. The van der Waals surface area contributed by atoms with Crippen molar-refractivity contribution in [1.82, 2.24) is 15.1 Å². The van der Waals surface area contributed by atoms with Crippen LogP contribution in [0.15, 0.2) is 29.3 Å². The lowest BCUT2D eigenvalue weighted by molar-refractivity contribution is -0.127. The molecule has 0 radical (unpaired) electrons. The number of rotatable bonds is 3. The van der Waals surface area contributed by atoms with Gasteiger partial charge in [0.2, 0.25) is 0 Å². The van der Waals surface area contributed by atoms with Gasteiger partial charge in [-0.2, -0.15) is 0 Å². The number of nitrogens with zero attached hydrogens (tertiary/aromatic N) is 3. The van der Waals surface area contributed by atoms with Crippen molar-refractivity contribution < 1.29 is 14.0 Å². The third-order valence-corrected chi connectivity index (χ3v) is 5.02. The smallest absolute Gasteiger partial charge is 0.325 e. The minimum absolute atomic E-state index is 0.269. The van der Waals surface area contributed by atoms with Crippen molar-refractivity contribution in [2.24, 2.45) is 4.99 Å². The summed E-state index contributed by atoms with van der Waals surface area (Å²) in [7, 11) is 1.63. The molecule has 2 aliphatic rings. The quantitative estimate of drug-likeness (QED) is 0.911. The fraction of sp³-hybridized carbons (Fsp3) is 0.400. The number of carbonyl (C=O) groups is 2. The first-order valence-electron chi connectivity index (χ1n) is 7.30. The summed E-state index contributed by atoms with van der Waals surface area (Å²) < 4.78 is 12.9. The number of amides is 3. The van der Waals surface area contributed by atoms with Crippen molar-refractivity contribution in [3.05, 3.63) is 35.6 Å². The molecule has 1 aromatic carbocycles. The molecule has 1 saturated heterocycles. The standard InChI is InChI=1S/C15H17FN4O2S/c1-3-20-11-12(19(2)14(22)18-13(11)21)17-15(20)23-8-9-4-6-10(16)7-5-9/h4-7,11-12H,3,8H2,1-2H3,(H,18,21,22). The van der Waals surface area contributed by atoms with E-state index >= 15 is 0 Å². The van der Waals surface area contributed by atoms with Crippen LogP contribution in [0.5, 0.6) is 0 Å². The highest BCUT2D eigenvalue weighted by Gasteiger charge is 2.47. The molecular formula is C15H17FN4O2S. The summed E-state index contributed by atoms with van der Waals surface area (Å²) in [6.07, 6.45) is -0.494. The molecule has 0 aliphatic carbocycles. The van der Waals surface area contributed by atoms with E-state index in [1.807, 2.05) is 11.8 Å². The predicted octanol–water partition coefficient (Wildman–Crippen LogP) is 1.63. The molecule has 23 heavy (non-hydrogen) atoms. The van der Waals surface area contributed by atoms with E-state index in [9.17, 15) is 14.0 Å². The van der Waals surface area contributed by atoms with Crippen LogP contribution in [0, 0.1) is 5.82 Å². The van der Waals surface area contributed by atoms with Crippen LogP contribution in [0.3, 0.4) is 0 Å². The maximum Gasteiger partial charge on any atom is 0.325 e. The number of carbonyl (C=O) groups excluding carboxylic acids is 2. The lowest BCUT2D eigenvalue weighted by atomic mass is 10.1. The Kier molecular flexibility index (Phi) is 4.25. The van der Waals surface area contributed by atoms with Gasteiger partial charge in [-0.25, -0.2) is 14.2 Å². The molecule has 2 heterocycles. The number of amidine groups is 1. The molecule has 1 aromatic rings. The van der Waals surface area contributed by atoms with Gasteiger partial charge in [-0.3, -0.25) is 10.1 Å². The first-order chi connectivity index (χ1) is 11.0. The van der Waals surface area contributed by atoms with Gasteiger partial charge < -0.3 is 9.80 Å². The Labute approximate surface area is 137 Å². The van der Waals surface area contributed by atoms with Crippen LogP contribution in [-0.2, 0) is 10.5 Å². The number of imide groups is 1. The SMILES string of the molecule is CCN1C(SCc2ccc(F)cc2)=NC2C1C(=O)NC(=O)N2C. The van der Waals surface area contributed by atoms with Gasteiger partial charge in [-0.15, -0.1) is 0 Å². The maximum absolute atomic E-state index is 12.9. The molecule has 2 aliphatic heterocycles. The van der Waals surface area contributed by atoms with Crippen LogP contribution >= 0.6 is 11.8 Å². The molecule has 2 atom stereocenters. The van der Waals surface area contributed by atoms with E-state index in [0.717, 1.165) is 10.7 Å². The van der Waals surface area contributed by atoms with E-state index < -0.39 is 18.2 Å². The number of benzene rings is 1. The number of likely N-dealkylation sites (N-methyl/N-ethyl adjacent to an activating group) is 2. The topological polar surface area (TPSA) is 65.0 Å². The molecule has 8 heteroatoms. The molecule has 6 nitrogen and oxygen atoms in total. The van der Waals surface area contributed by atoms with Gasteiger partial charge in [0.15, 0.2) is 17.4 Å². The first kappa shape index (κ1) is 15.8. The third kappa shape index (κ3) is 2.90. The summed E-state index contributed by atoms with van der Waals surface area (Å²) in [4.78, 5) is 31.8. The van der Waals surface area contributed by atoms with Crippen LogP contribution in [0.2, 0.25) is 0 Å². The van der Waals surface area contributed by atoms with Gasteiger partial charge in [0, 0.05) is 19.3 Å². The van der Waals surface area contributed by atoms with Crippen molar-refractivity contribution in [3.63, 3.8) is 0 Å². The molecule has 0 bridgehead atoms. The highest BCUT2D eigenvalue weighted by Crippen LogP contribution is 2.29. The molecule has 1 N–H and O–H groups in total. The molecule has 0 spiro atoms. The largest absolute Gasteiger partial charge is 0.336 e. The minimum atomic E-state index is -0.494. The van der Waals surface area contributed by atoms with Crippen molar-refractivity contribution >= 4 is 28.9 Å². The number of fused-ring (bicyclic) bond motifs is 1. The van der Waals surface area contributed by atoms with Crippen molar-refractivity contribution in [2.45, 2.75) is 24.9 Å². The Bertz CT molecular complexity index is 664. The predicted molar refractivity (Wildman–Crippen MR) is 86.4 cm³/mol. The Morgan fingerprint density at radius 3 is 2.65 bits per heavy atom. The molecule has 1 fully saturated rings. The van der Waals surface area contributed by atoms with E-state index in [2.05, 4.69) is 10.3 Å². The summed E-state index contributed by atoms with van der Waals surface area (Å²) in [6.45, 7) is 2.56. The van der Waals surface area contributed by atoms with Gasteiger partial charge >= 0.3 is 6.03 Å². The maximum atomic E-state index is 12.9. The van der Waals surface area contributed by atoms with Crippen molar-refractivity contribution in [3.8, 4) is 0 Å². The van der Waals surface area contributed by atoms with Crippen LogP contribution < -0.4 is 5.32 Å². The number of hydrogen-bond donors (Lipinski definition) is 1. The Balaban J connectivity index is 1.77. The number of thioether (sulfide) groups is 1. The van der Waals surface area contributed by atoms with Gasteiger partial charge in [0.05, 0.1) is 0 Å². The van der Waals surface area contributed by atoms with Crippen LogP contribution in [-0.4, -0.2) is 52.7 Å². The Morgan fingerprint density at radius 1 is 1.30 bits per heavy atom. The first-order valence-corrected chi connectivity index (χ1v) is 8.29. The monoisotopic (exact) mass is 336 g/mol. The average Bonchev–Trinajstić information content (AvgIpc) is 2.91. The summed E-state index contributed by atoms with van der Waals surface area (Å²) in [5.74, 6) is 0.0324. The number of hydrogen-bond acceptors (Lipinski definition) is 5. The summed E-state index contributed by atoms with van der Waals surface area (Å²) in [5.41, 5.74) is 0.971. The number of aliphatic imine (C=N–C) groups is 1. The van der Waals surface area contributed by atoms with E-state index in [1.165, 1.54) is 28.8 Å². The minimum Gasteiger partial charge on any atom is -0.336 e. The molecule has 122 valence electrons. The van der Waals surface area contributed by atoms with Gasteiger partial charge in [-0.05, 0) is 24.6 Å². The Morgan fingerprint density at radius 2 is 2.00 bits per heavy atom. The zero-order valence-electron chi connectivity index (χ0n) is 12.8. The zero-order valence-corrected chi connectivity index (χ0v) is 13.6. The highest BCUT2D eigenvalue weighted by atomic mass is 32.2. The van der Waals surface area contributed by atoms with Gasteiger partial charge in [-0.1, -0.05) is 23.9 Å². The molecular weight excluding hydrogens is 319 g/mol. The second-order valence-electron chi connectivity index (χ2n) is 5.38. The number of nitrogens with one attached hydrogen (secondary N) is 1. The molecule has 0 aromatic heterocycles. The molecule has 0 saturated carbocycles. The van der Waals surface area contributed by atoms with Gasteiger partial charge in [0.25, 0.3) is 5.91 Å². The number of halogens is 1. The van der Waals surface area contributed by atoms with Crippen molar-refractivity contribution in [1.29, 1.82) is 0 Å². The average molecular weight is 336 g/mol. The highest BCUT2D eigenvalue weighted by molar-refractivity contribution is 8.13. The molecule has 3 rings (SSSR count). The lowest BCUT2D eigenvalue weighted by Crippen LogP contribution is -2.63. The van der Waals surface area contributed by atoms with Gasteiger partial charge in [0.1, 0.15) is 5.82 Å². The summed E-state index contributed by atoms with van der Waals surface area (Å²) in [5, 5.41) is 3.07. The van der Waals surface area contributed by atoms with E-state index in [4.69, 9.17) is 0 Å². The van der Waals surface area contributed by atoms with E-state index in [1.54, 1.807) is 19.2 Å². The second kappa shape index (κ2) is 6.19. The zero-order chi connectivity index (χ0) is 16.6.